The number of rotatable bonds is 42. The molecule has 0 unspecified atom stereocenters. The molecule has 0 aliphatic heterocycles. The van der Waals surface area contributed by atoms with Crippen LogP contribution in [0.2, 0.25) is 0 Å². The number of hydrogen-bond acceptors (Lipinski definition) is 6. The quantitative estimate of drug-likeness (QED) is 0.0500. The van der Waals surface area contributed by atoms with Crippen LogP contribution in [0.1, 0.15) is 353 Å². The number of nitrogens with one attached hydrogen (secondary N) is 2. The van der Waals surface area contributed by atoms with Crippen LogP contribution in [0.15, 0.2) is 35.4 Å². The van der Waals surface area contributed by atoms with Crippen LogP contribution < -0.4 is 20.1 Å². The summed E-state index contributed by atoms with van der Waals surface area (Å²) >= 11 is 0. The Kier molecular flexibility index (Phi) is 30.1. The minimum absolute atomic E-state index is 0.0165. The molecule has 2 amide bonds. The van der Waals surface area contributed by atoms with E-state index in [1.807, 2.05) is 12.1 Å². The first-order valence-corrected chi connectivity index (χ1v) is 42.0. The number of benzene rings is 1. The van der Waals surface area contributed by atoms with Gasteiger partial charge < -0.3 is 29.6 Å². The number of carbonyl (C=O) groups excluding carboxylic acids is 2. The van der Waals surface area contributed by atoms with Gasteiger partial charge in [0.25, 0.3) is 0 Å². The van der Waals surface area contributed by atoms with E-state index in [9.17, 15) is 9.59 Å². The second-order valence-corrected chi connectivity index (χ2v) is 35.9. The molecule has 546 valence electrons. The van der Waals surface area contributed by atoms with E-state index in [0.29, 0.717) is 46.9 Å². The Bertz CT molecular complexity index is 2410. The normalized spacial score (nSPS) is 32.1. The maximum atomic E-state index is 14.3. The minimum atomic E-state index is -0.185. The molecule has 0 spiro atoms. The first kappa shape index (κ1) is 77.3. The summed E-state index contributed by atoms with van der Waals surface area (Å²) < 4.78 is 26.7. The molecule has 6 saturated carbocycles. The largest absolute Gasteiger partial charge is 0.491 e. The van der Waals surface area contributed by atoms with Gasteiger partial charge in [-0.3, -0.25) is 9.59 Å². The minimum Gasteiger partial charge on any atom is -0.491 e. The monoisotopic (exact) mass is 1330 g/mol. The third kappa shape index (κ3) is 19.9. The zero-order valence-electron chi connectivity index (χ0n) is 64.4. The fraction of sp³-hybridized carbons (Fsp3) is 0.864. The Morgan fingerprint density at radius 3 is 1.17 bits per heavy atom. The molecule has 8 heteroatoms. The predicted molar refractivity (Wildman–Crippen MR) is 404 cm³/mol. The zero-order chi connectivity index (χ0) is 68.3. The molecule has 0 bridgehead atoms. The number of carbonyl (C=O) groups is 2. The molecule has 1 aromatic rings. The van der Waals surface area contributed by atoms with E-state index in [1.165, 1.54) is 205 Å². The van der Waals surface area contributed by atoms with Crippen molar-refractivity contribution in [1.29, 1.82) is 0 Å². The highest BCUT2D eigenvalue weighted by Crippen LogP contribution is 2.69. The summed E-state index contributed by atoms with van der Waals surface area (Å²) in [5, 5.41) is 6.54. The molecular formula is C88H148N2O6. The molecule has 16 atom stereocenters. The third-order valence-electron chi connectivity index (χ3n) is 28.6. The van der Waals surface area contributed by atoms with Crippen molar-refractivity contribution in [1.82, 2.24) is 0 Å². The fourth-order valence-electron chi connectivity index (χ4n) is 22.9. The summed E-state index contributed by atoms with van der Waals surface area (Å²) in [5.41, 5.74) is 5.73. The molecule has 2 N–H and O–H groups in total. The van der Waals surface area contributed by atoms with Crippen molar-refractivity contribution in [3.8, 4) is 11.5 Å². The first-order valence-electron chi connectivity index (χ1n) is 42.0. The van der Waals surface area contributed by atoms with Gasteiger partial charge in [0, 0.05) is 12.1 Å². The summed E-state index contributed by atoms with van der Waals surface area (Å²) in [6.07, 6.45) is 58.1. The van der Waals surface area contributed by atoms with Crippen LogP contribution in [-0.4, -0.2) is 50.4 Å². The lowest BCUT2D eigenvalue weighted by Gasteiger charge is -2.58. The van der Waals surface area contributed by atoms with Crippen LogP contribution >= 0.6 is 0 Å². The summed E-state index contributed by atoms with van der Waals surface area (Å²) in [5.74, 6) is 10.5. The van der Waals surface area contributed by atoms with E-state index in [4.69, 9.17) is 18.9 Å². The predicted octanol–water partition coefficient (Wildman–Crippen LogP) is 25.0. The molecule has 1 aromatic carbocycles. The molecule has 8 nitrogen and oxygen atoms in total. The van der Waals surface area contributed by atoms with Crippen molar-refractivity contribution in [2.45, 2.75) is 365 Å². The second-order valence-electron chi connectivity index (χ2n) is 35.9. The van der Waals surface area contributed by atoms with Crippen molar-refractivity contribution >= 4 is 23.2 Å². The van der Waals surface area contributed by atoms with Gasteiger partial charge in [-0.2, -0.15) is 0 Å². The Hall–Kier alpha value is -2.84. The van der Waals surface area contributed by atoms with Crippen molar-refractivity contribution in [2.24, 2.45) is 92.7 Å². The molecule has 0 heterocycles. The van der Waals surface area contributed by atoms with E-state index >= 15 is 0 Å². The summed E-state index contributed by atoms with van der Waals surface area (Å²) in [6.45, 7) is 30.9. The van der Waals surface area contributed by atoms with Crippen molar-refractivity contribution in [2.75, 3.05) is 37.1 Å². The number of ether oxygens (including phenoxy) is 4. The van der Waals surface area contributed by atoms with Crippen molar-refractivity contribution in [3.05, 3.63) is 35.4 Å². The number of hydrogen-bond donors (Lipinski definition) is 2. The van der Waals surface area contributed by atoms with Gasteiger partial charge in [-0.25, -0.2) is 0 Å². The van der Waals surface area contributed by atoms with E-state index in [1.54, 1.807) is 11.1 Å². The number of fused-ring (bicyclic) bond motifs is 10. The number of unbranched alkanes of at least 4 members (excludes halogenated alkanes) is 18. The van der Waals surface area contributed by atoms with E-state index in [-0.39, 0.29) is 48.1 Å². The zero-order valence-corrected chi connectivity index (χ0v) is 64.4. The van der Waals surface area contributed by atoms with Crippen molar-refractivity contribution < 1.29 is 28.5 Å². The van der Waals surface area contributed by atoms with Gasteiger partial charge in [0.15, 0.2) is 0 Å². The van der Waals surface area contributed by atoms with Crippen LogP contribution in [0.25, 0.3) is 0 Å². The lowest BCUT2D eigenvalue weighted by molar-refractivity contribution is -0.124. The highest BCUT2D eigenvalue weighted by Gasteiger charge is 2.61. The molecule has 0 saturated heterocycles. The maximum absolute atomic E-state index is 14.3. The fourth-order valence-corrected chi connectivity index (χ4v) is 22.9. The molecule has 0 radical (unpaired) electrons. The van der Waals surface area contributed by atoms with Crippen LogP contribution in [0.3, 0.4) is 0 Å². The van der Waals surface area contributed by atoms with Crippen LogP contribution in [0.4, 0.5) is 11.4 Å². The molecule has 8 aliphatic carbocycles. The van der Waals surface area contributed by atoms with Gasteiger partial charge in [0.05, 0.1) is 36.8 Å². The summed E-state index contributed by atoms with van der Waals surface area (Å²) in [6, 6.07) is 3.81. The Labute approximate surface area is 590 Å². The number of allylic oxidation sites excluding steroid dienone is 2. The molecular weight excluding hydrogens is 1180 g/mol. The number of amides is 2. The van der Waals surface area contributed by atoms with Crippen LogP contribution in [0, 0.1) is 92.7 Å². The highest BCUT2D eigenvalue weighted by atomic mass is 16.5. The topological polar surface area (TPSA) is 95.1 Å². The Balaban J connectivity index is 0.835. The summed E-state index contributed by atoms with van der Waals surface area (Å²) in [7, 11) is 0. The number of anilines is 2. The Morgan fingerprint density at radius 1 is 0.438 bits per heavy atom. The first-order chi connectivity index (χ1) is 46.3. The molecule has 8 aliphatic rings. The third-order valence-corrected chi connectivity index (χ3v) is 28.6. The maximum Gasteiger partial charge on any atom is 0.250 e. The average Bonchev–Trinajstić information content (AvgIpc) is 1.36. The molecule has 6 fully saturated rings. The van der Waals surface area contributed by atoms with Crippen molar-refractivity contribution in [3.63, 3.8) is 0 Å². The standard InChI is InChI=1S/C88H148N2O6/c1-13-15-17-19-21-23-25-27-29-31-55-93-81-59-80(90-84(92)62-96-70-48-52-86(10)68(58-70)40-42-72-76-46-44-74(66(8)38-34-36-64(5)6)88(76,12)54-50-78(72)86)82(94-56-32-30-28-26-24-22-20-18-16-14-2)60-79(81)89-83(91)61-95-69-47-51-85(9)67(57-69)39-41-71-75-45-43-73(65(7)37-33-35-63(3)4)87(75,11)53-49-77(71)85/h39-40,59-60,63-66,69-78H,13-38,41-58,61-62H2,1-12H3,(H,89,91)(H,90,92)/t65-,66-,69+,70+,71+,72+,73-,74-,75+,76+,77+,78+,85+,86+,87-,88-/m1/s1. The molecule has 9 rings (SSSR count). The lowest BCUT2D eigenvalue weighted by Crippen LogP contribution is -2.51. The van der Waals surface area contributed by atoms with Gasteiger partial charge in [-0.1, -0.05) is 260 Å². The molecule has 0 aromatic heterocycles. The summed E-state index contributed by atoms with van der Waals surface area (Å²) in [4.78, 5) is 28.7. The van der Waals surface area contributed by atoms with E-state index in [0.717, 1.165) is 135 Å². The van der Waals surface area contributed by atoms with E-state index < -0.39 is 0 Å². The smallest absolute Gasteiger partial charge is 0.250 e. The highest BCUT2D eigenvalue weighted by molar-refractivity contribution is 5.97. The Morgan fingerprint density at radius 2 is 0.802 bits per heavy atom. The average molecular weight is 1330 g/mol. The van der Waals surface area contributed by atoms with Crippen LogP contribution in [-0.2, 0) is 19.1 Å². The van der Waals surface area contributed by atoms with Gasteiger partial charge >= 0.3 is 0 Å². The van der Waals surface area contributed by atoms with E-state index in [2.05, 4.69) is 106 Å². The molecule has 96 heavy (non-hydrogen) atoms. The lowest BCUT2D eigenvalue weighted by atomic mass is 9.47. The second kappa shape index (κ2) is 37.4. The van der Waals surface area contributed by atoms with Gasteiger partial charge in [0.2, 0.25) is 11.8 Å². The van der Waals surface area contributed by atoms with Gasteiger partial charge in [-0.05, 0) is 208 Å². The van der Waals surface area contributed by atoms with Gasteiger partial charge in [-0.15, -0.1) is 0 Å². The van der Waals surface area contributed by atoms with Crippen LogP contribution in [0.5, 0.6) is 11.5 Å². The van der Waals surface area contributed by atoms with Gasteiger partial charge in [0.1, 0.15) is 24.7 Å². The SMILES string of the molecule is CCCCCCCCCCCCOc1cc(NC(=O)CO[C@H]2CC[C@@]3(C)C(=CC[C@H]4[C@@H]5CC[C@H]([C@H](C)CCCC(C)C)[C@@]5(C)CC[C@@H]43)C2)c(OCCCCCCCCCCCC)cc1NC(=O)CO[C@H]1CC[C@@]2(C)C(=CC[C@H]3[C@@H]4CC[C@H]([C@H](C)CCCC(C)C)[C@@]4(C)CC[C@@H]32)C1.